The van der Waals surface area contributed by atoms with Gasteiger partial charge in [-0.05, 0) is 18.2 Å². The molecule has 20 heavy (non-hydrogen) atoms. The van der Waals surface area contributed by atoms with Crippen LogP contribution in [0.25, 0.3) is 0 Å². The molecule has 0 saturated heterocycles. The second-order valence-corrected chi connectivity index (χ2v) is 5.60. The monoisotopic (exact) mass is 345 g/mol. The second-order valence-electron chi connectivity index (χ2n) is 3.87. The van der Waals surface area contributed by atoms with Crippen molar-refractivity contribution in [3.8, 4) is 0 Å². The van der Waals surface area contributed by atoms with Gasteiger partial charge in [-0.25, -0.2) is 4.98 Å². The highest BCUT2D eigenvalue weighted by Crippen LogP contribution is 2.48. The van der Waals surface area contributed by atoms with Crippen molar-refractivity contribution < 1.29 is 0 Å². The van der Waals surface area contributed by atoms with Crippen LogP contribution in [0.15, 0.2) is 26.9 Å². The summed E-state index contributed by atoms with van der Waals surface area (Å²) in [5, 5.41) is 4.19. The molecular formula is C11H6Cl3N5S. The number of benzene rings is 1. The van der Waals surface area contributed by atoms with Crippen LogP contribution in [0.5, 0.6) is 0 Å². The van der Waals surface area contributed by atoms with E-state index in [1.807, 2.05) is 0 Å². The summed E-state index contributed by atoms with van der Waals surface area (Å²) in [4.78, 5) is 4.12. The first-order valence-electron chi connectivity index (χ1n) is 5.35. The molecule has 0 unspecified atom stereocenters. The lowest BCUT2D eigenvalue weighted by Gasteiger charge is -2.13. The Morgan fingerprint density at radius 3 is 2.60 bits per heavy atom. The first-order valence-corrected chi connectivity index (χ1v) is 7.22. The quantitative estimate of drug-likeness (QED) is 0.634. The lowest BCUT2D eigenvalue weighted by Crippen LogP contribution is -2.00. The van der Waals surface area contributed by atoms with Gasteiger partial charge in [0, 0.05) is 0 Å². The van der Waals surface area contributed by atoms with Crippen molar-refractivity contribution in [3.63, 3.8) is 0 Å². The highest BCUT2D eigenvalue weighted by atomic mass is 35.5. The van der Waals surface area contributed by atoms with E-state index in [0.717, 1.165) is 11.4 Å². The smallest absolute Gasteiger partial charge is 0.155 e. The highest BCUT2D eigenvalue weighted by molar-refractivity contribution is 7.58. The molecular weight excluding hydrogens is 341 g/mol. The van der Waals surface area contributed by atoms with E-state index in [1.165, 1.54) is 0 Å². The number of nitrogens with two attached hydrogens (primary N) is 1. The fraction of sp³-hybridized carbons (Fsp3) is 0. The maximum Gasteiger partial charge on any atom is 0.155 e. The molecule has 0 spiro atoms. The van der Waals surface area contributed by atoms with E-state index in [-0.39, 0.29) is 0 Å². The van der Waals surface area contributed by atoms with E-state index in [0.29, 0.717) is 43.8 Å². The van der Waals surface area contributed by atoms with Crippen molar-refractivity contribution >= 4 is 74.7 Å². The van der Waals surface area contributed by atoms with E-state index >= 15 is 0 Å². The van der Waals surface area contributed by atoms with Crippen molar-refractivity contribution in [2.75, 3.05) is 11.1 Å². The van der Waals surface area contributed by atoms with Crippen molar-refractivity contribution in [2.45, 2.75) is 0 Å². The van der Waals surface area contributed by atoms with Crippen LogP contribution in [-0.2, 0) is 11.4 Å². The Morgan fingerprint density at radius 1 is 1.05 bits per heavy atom. The predicted octanol–water partition coefficient (Wildman–Crippen LogP) is 5.09. The average molecular weight is 347 g/mol. The molecule has 102 valence electrons. The number of nitrogens with one attached hydrogen (secondary N) is 1. The zero-order valence-electron chi connectivity index (χ0n) is 9.69. The summed E-state index contributed by atoms with van der Waals surface area (Å²) >= 11 is 19.2. The van der Waals surface area contributed by atoms with E-state index in [2.05, 4.69) is 19.0 Å². The van der Waals surface area contributed by atoms with Gasteiger partial charge in [0.25, 0.3) is 0 Å². The van der Waals surface area contributed by atoms with Crippen molar-refractivity contribution in [1.82, 2.24) is 4.98 Å². The molecule has 1 aromatic heterocycles. The number of anilines is 3. The third-order valence-corrected chi connectivity index (χ3v) is 3.90. The number of halogens is 3. The zero-order valence-corrected chi connectivity index (χ0v) is 12.8. The van der Waals surface area contributed by atoms with Gasteiger partial charge < -0.3 is 11.1 Å². The molecule has 0 aliphatic carbocycles. The van der Waals surface area contributed by atoms with Gasteiger partial charge in [0.15, 0.2) is 5.82 Å². The predicted molar refractivity (Wildman–Crippen MR) is 84.9 cm³/mol. The van der Waals surface area contributed by atoms with Crippen molar-refractivity contribution in [3.05, 3.63) is 33.4 Å². The number of nitrogens with zero attached hydrogens (tertiary/aromatic N) is 3. The number of aromatic nitrogens is 1. The molecule has 1 aromatic carbocycles. The van der Waals surface area contributed by atoms with Crippen molar-refractivity contribution in [1.29, 1.82) is 0 Å². The van der Waals surface area contributed by atoms with Gasteiger partial charge in [-0.1, -0.05) is 34.8 Å². The Morgan fingerprint density at radius 2 is 1.80 bits per heavy atom. The van der Waals surface area contributed by atoms with E-state index < -0.39 is 0 Å². The van der Waals surface area contributed by atoms with Gasteiger partial charge >= 0.3 is 0 Å². The minimum atomic E-state index is 0.319. The molecule has 5 nitrogen and oxygen atoms in total. The highest BCUT2D eigenvalue weighted by Gasteiger charge is 2.19. The third-order valence-electron chi connectivity index (χ3n) is 2.58. The summed E-state index contributed by atoms with van der Waals surface area (Å²) in [6.45, 7) is 0. The molecule has 2 heterocycles. The largest absolute Gasteiger partial charge is 0.396 e. The lowest BCUT2D eigenvalue weighted by molar-refractivity contribution is 1.31. The number of hydrogen-bond donors (Lipinski definition) is 2. The number of rotatable bonds is 2. The first kappa shape index (κ1) is 13.6. The lowest BCUT2D eigenvalue weighted by atomic mass is 10.2. The van der Waals surface area contributed by atoms with Gasteiger partial charge in [0.2, 0.25) is 0 Å². The van der Waals surface area contributed by atoms with E-state index in [9.17, 15) is 0 Å². The summed E-state index contributed by atoms with van der Waals surface area (Å²) < 4.78 is 8.31. The van der Waals surface area contributed by atoms with Gasteiger partial charge in [0.1, 0.15) is 16.5 Å². The minimum Gasteiger partial charge on any atom is -0.396 e. The average Bonchev–Trinajstić information content (AvgIpc) is 2.88. The zero-order chi connectivity index (χ0) is 14.3. The van der Waals surface area contributed by atoms with Gasteiger partial charge in [-0.15, -0.1) is 0 Å². The van der Waals surface area contributed by atoms with Crippen LogP contribution < -0.4 is 11.1 Å². The van der Waals surface area contributed by atoms with Crippen LogP contribution >= 0.6 is 34.8 Å². The summed E-state index contributed by atoms with van der Waals surface area (Å²) in [6.07, 6.45) is 0. The molecule has 1 aliphatic rings. The van der Waals surface area contributed by atoms with E-state index in [4.69, 9.17) is 40.5 Å². The molecule has 3 N–H and O–H groups in total. The normalized spacial score (nSPS) is 12.2. The number of fused-ring (bicyclic) bond motifs is 1. The van der Waals surface area contributed by atoms with Gasteiger partial charge in [0.05, 0.1) is 32.8 Å². The summed E-state index contributed by atoms with van der Waals surface area (Å²) in [5.74, 6) is 0.399. The Labute approximate surface area is 132 Å². The fourth-order valence-electron chi connectivity index (χ4n) is 1.66. The van der Waals surface area contributed by atoms with Crippen LogP contribution in [0, 0.1) is 0 Å². The van der Waals surface area contributed by atoms with Crippen LogP contribution in [0.1, 0.15) is 0 Å². The molecule has 0 radical (unpaired) electrons. The molecule has 3 rings (SSSR count). The maximum atomic E-state index is 6.20. The molecule has 1 aliphatic heterocycles. The van der Waals surface area contributed by atoms with Crippen LogP contribution in [-0.4, -0.2) is 4.98 Å². The van der Waals surface area contributed by atoms with Crippen molar-refractivity contribution in [2.24, 2.45) is 8.73 Å². The molecule has 0 fully saturated rings. The third kappa shape index (κ3) is 2.35. The first-order chi connectivity index (χ1) is 9.56. The Bertz CT molecular complexity index is 786. The van der Waals surface area contributed by atoms with Gasteiger partial charge in [-0.3, -0.25) is 0 Å². The number of hydrogen-bond acceptors (Lipinski definition) is 5. The topological polar surface area (TPSA) is 75.7 Å². The van der Waals surface area contributed by atoms with Crippen LogP contribution in [0.2, 0.25) is 15.2 Å². The maximum absolute atomic E-state index is 6.20. The summed E-state index contributed by atoms with van der Waals surface area (Å²) in [5.41, 5.74) is 7.97. The number of nitrogen functional groups attached to an aromatic ring is 1. The second kappa shape index (κ2) is 5.21. The SMILES string of the molecule is Nc1ccc(Cl)nc1Nc1c(Cl)cc(Cl)c2c1N=S=N2. The van der Waals surface area contributed by atoms with E-state index in [1.54, 1.807) is 18.2 Å². The van der Waals surface area contributed by atoms with Crippen LogP contribution in [0.4, 0.5) is 28.6 Å². The number of pyridine rings is 1. The Kier molecular flexibility index (Phi) is 3.55. The summed E-state index contributed by atoms with van der Waals surface area (Å²) in [7, 11) is 0. The minimum absolute atomic E-state index is 0.319. The molecule has 0 saturated carbocycles. The fourth-order valence-corrected chi connectivity index (χ4v) is 2.96. The summed E-state index contributed by atoms with van der Waals surface area (Å²) in [6, 6.07) is 4.85. The van der Waals surface area contributed by atoms with Gasteiger partial charge in [-0.2, -0.15) is 8.73 Å². The molecule has 0 atom stereocenters. The molecule has 9 heteroatoms. The van der Waals surface area contributed by atoms with Crippen LogP contribution in [0.3, 0.4) is 0 Å². The molecule has 0 amide bonds. The molecule has 0 bridgehead atoms. The Hall–Kier alpha value is -1.34. The Balaban J connectivity index is 2.11. The standard InChI is InChI=1S/C11H6Cl3N5S/c12-4-3-5(13)9-10(19-20-18-9)8(4)17-11-6(15)1-2-7(14)16-11/h1-3H,15H2,(H,16,17). The molecule has 2 aromatic rings.